The largest absolute Gasteiger partial charge is 0.393 e. The number of nitrogens with two attached hydrogens (primary N) is 2. The van der Waals surface area contributed by atoms with E-state index < -0.39 is 0 Å². The smallest absolute Gasteiger partial charge is 0.0958 e. The Balaban J connectivity index is 2.74. The first kappa shape index (κ1) is 13.8. The second-order valence-corrected chi connectivity index (χ2v) is 4.81. The Morgan fingerprint density at radius 3 is 2.35 bits per heavy atom. The van der Waals surface area contributed by atoms with E-state index in [1.807, 2.05) is 24.3 Å². The zero-order valence-electron chi connectivity index (χ0n) is 9.50. The first-order valence-electron chi connectivity index (χ1n) is 5.39. The minimum Gasteiger partial charge on any atom is -0.393 e. The molecule has 0 aliphatic rings. The Bertz CT molecular complexity index is 413. The predicted octanol–water partition coefficient (Wildman–Crippen LogP) is 2.68. The molecule has 0 amide bonds. The second kappa shape index (κ2) is 7.14. The van der Waals surface area contributed by atoms with Crippen LogP contribution in [-0.2, 0) is 0 Å². The van der Waals surface area contributed by atoms with Gasteiger partial charge >= 0.3 is 0 Å². The first-order valence-corrected chi connectivity index (χ1v) is 6.20. The van der Waals surface area contributed by atoms with E-state index in [1.165, 1.54) is 5.56 Å². The standard InChI is InChI=1S/C13H16N2S2/c14-12(16)8-4-7-11(9-13(15)17)10-5-2-1-3-6-10/h1-6,8,11H,7,9H2,(H2,14,16)(H2,15,17). The van der Waals surface area contributed by atoms with Crippen molar-refractivity contribution in [3.63, 3.8) is 0 Å². The van der Waals surface area contributed by atoms with Crippen LogP contribution >= 0.6 is 24.4 Å². The fourth-order valence-electron chi connectivity index (χ4n) is 1.65. The number of hydrogen-bond acceptors (Lipinski definition) is 2. The highest BCUT2D eigenvalue weighted by Crippen LogP contribution is 2.23. The summed E-state index contributed by atoms with van der Waals surface area (Å²) in [6, 6.07) is 10.2. The molecule has 1 aromatic rings. The van der Waals surface area contributed by atoms with Gasteiger partial charge in [-0.05, 0) is 24.0 Å². The third-order valence-electron chi connectivity index (χ3n) is 2.42. The average Bonchev–Trinajstić information content (AvgIpc) is 2.28. The van der Waals surface area contributed by atoms with Crippen LogP contribution in [0.2, 0.25) is 0 Å². The van der Waals surface area contributed by atoms with Crippen LogP contribution in [0.3, 0.4) is 0 Å². The summed E-state index contributed by atoms with van der Waals surface area (Å²) in [5.74, 6) is 0.291. The molecular weight excluding hydrogens is 248 g/mol. The van der Waals surface area contributed by atoms with E-state index >= 15 is 0 Å². The van der Waals surface area contributed by atoms with Crippen molar-refractivity contribution < 1.29 is 0 Å². The van der Waals surface area contributed by atoms with Gasteiger partial charge in [-0.2, -0.15) is 0 Å². The van der Waals surface area contributed by atoms with Crippen molar-refractivity contribution in [1.29, 1.82) is 0 Å². The lowest BCUT2D eigenvalue weighted by atomic mass is 9.92. The summed E-state index contributed by atoms with van der Waals surface area (Å²) < 4.78 is 0. The highest BCUT2D eigenvalue weighted by molar-refractivity contribution is 7.80. The van der Waals surface area contributed by atoms with Crippen molar-refractivity contribution >= 4 is 34.4 Å². The molecule has 0 radical (unpaired) electrons. The van der Waals surface area contributed by atoms with E-state index in [1.54, 1.807) is 6.08 Å². The van der Waals surface area contributed by atoms with Crippen molar-refractivity contribution in [2.24, 2.45) is 11.5 Å². The monoisotopic (exact) mass is 264 g/mol. The lowest BCUT2D eigenvalue weighted by Crippen LogP contribution is -2.13. The average molecular weight is 264 g/mol. The molecule has 2 nitrogen and oxygen atoms in total. The fraction of sp³-hybridized carbons (Fsp3) is 0.231. The summed E-state index contributed by atoms with van der Waals surface area (Å²) in [5.41, 5.74) is 12.3. The fourth-order valence-corrected chi connectivity index (χ4v) is 1.95. The van der Waals surface area contributed by atoms with E-state index in [0.717, 1.165) is 6.42 Å². The molecule has 4 N–H and O–H groups in total. The molecule has 0 bridgehead atoms. The molecule has 1 aromatic carbocycles. The number of benzene rings is 1. The van der Waals surface area contributed by atoms with Crippen molar-refractivity contribution in [1.82, 2.24) is 0 Å². The van der Waals surface area contributed by atoms with Gasteiger partial charge in [0.15, 0.2) is 0 Å². The van der Waals surface area contributed by atoms with Crippen LogP contribution in [0.5, 0.6) is 0 Å². The van der Waals surface area contributed by atoms with E-state index in [0.29, 0.717) is 22.3 Å². The summed E-state index contributed by atoms with van der Waals surface area (Å²) in [6.45, 7) is 0. The van der Waals surface area contributed by atoms with Crippen molar-refractivity contribution in [2.45, 2.75) is 18.8 Å². The summed E-state index contributed by atoms with van der Waals surface area (Å²) in [5, 5.41) is 0. The summed E-state index contributed by atoms with van der Waals surface area (Å²) >= 11 is 9.77. The van der Waals surface area contributed by atoms with Crippen LogP contribution in [0.1, 0.15) is 24.3 Å². The van der Waals surface area contributed by atoms with Crippen LogP contribution in [0, 0.1) is 0 Å². The molecule has 0 fully saturated rings. The predicted molar refractivity (Wildman–Crippen MR) is 81.1 cm³/mol. The Kier molecular flexibility index (Phi) is 5.80. The minimum absolute atomic E-state index is 0.291. The number of hydrogen-bond donors (Lipinski definition) is 2. The third kappa shape index (κ3) is 5.56. The Morgan fingerprint density at radius 1 is 1.18 bits per heavy atom. The van der Waals surface area contributed by atoms with E-state index in [4.69, 9.17) is 35.9 Å². The number of rotatable bonds is 6. The van der Waals surface area contributed by atoms with Crippen LogP contribution in [-0.4, -0.2) is 9.98 Å². The van der Waals surface area contributed by atoms with Crippen LogP contribution in [0.15, 0.2) is 42.5 Å². The first-order chi connectivity index (χ1) is 8.09. The van der Waals surface area contributed by atoms with Gasteiger partial charge in [0.05, 0.1) is 9.98 Å². The maximum atomic E-state index is 5.62. The Hall–Kier alpha value is -1.26. The lowest BCUT2D eigenvalue weighted by Gasteiger charge is -2.14. The topological polar surface area (TPSA) is 52.0 Å². The van der Waals surface area contributed by atoms with E-state index in [-0.39, 0.29) is 0 Å². The molecule has 0 saturated heterocycles. The van der Waals surface area contributed by atoms with Crippen molar-refractivity contribution in [3.8, 4) is 0 Å². The molecule has 4 heteroatoms. The summed E-state index contributed by atoms with van der Waals surface area (Å²) in [4.78, 5) is 0.926. The molecule has 0 aliphatic heterocycles. The highest BCUT2D eigenvalue weighted by Gasteiger charge is 2.10. The van der Waals surface area contributed by atoms with Crippen molar-refractivity contribution in [2.75, 3.05) is 0 Å². The molecule has 0 aromatic heterocycles. The molecule has 90 valence electrons. The number of allylic oxidation sites excluding steroid dienone is 1. The lowest BCUT2D eigenvalue weighted by molar-refractivity contribution is 0.733. The minimum atomic E-state index is 0.291. The van der Waals surface area contributed by atoms with Gasteiger partial charge in [-0.3, -0.25) is 0 Å². The quantitative estimate of drug-likeness (QED) is 0.613. The van der Waals surface area contributed by atoms with Crippen LogP contribution in [0.25, 0.3) is 0 Å². The van der Waals surface area contributed by atoms with Crippen molar-refractivity contribution in [3.05, 3.63) is 48.0 Å². The summed E-state index contributed by atoms with van der Waals surface area (Å²) in [6.07, 6.45) is 5.24. The van der Waals surface area contributed by atoms with Gasteiger partial charge in [0.2, 0.25) is 0 Å². The van der Waals surface area contributed by atoms with Gasteiger partial charge in [0, 0.05) is 6.42 Å². The highest BCUT2D eigenvalue weighted by atomic mass is 32.1. The molecule has 17 heavy (non-hydrogen) atoms. The molecule has 0 saturated carbocycles. The SMILES string of the molecule is NC(=S)C=CCC(CC(N)=S)c1ccccc1. The van der Waals surface area contributed by atoms with Gasteiger partial charge in [0.1, 0.15) is 0 Å². The Labute approximate surface area is 113 Å². The molecular formula is C13H16N2S2. The van der Waals surface area contributed by atoms with Gasteiger partial charge < -0.3 is 11.5 Å². The molecule has 0 heterocycles. The van der Waals surface area contributed by atoms with E-state index in [2.05, 4.69) is 12.1 Å². The third-order valence-corrected chi connectivity index (χ3v) is 2.72. The van der Waals surface area contributed by atoms with Gasteiger partial charge in [-0.15, -0.1) is 0 Å². The zero-order chi connectivity index (χ0) is 12.7. The Morgan fingerprint density at radius 2 is 1.82 bits per heavy atom. The van der Waals surface area contributed by atoms with Gasteiger partial charge in [-0.1, -0.05) is 60.8 Å². The molecule has 0 spiro atoms. The normalized spacial score (nSPS) is 12.5. The summed E-state index contributed by atoms with van der Waals surface area (Å²) in [7, 11) is 0. The maximum absolute atomic E-state index is 5.62. The molecule has 1 atom stereocenters. The van der Waals surface area contributed by atoms with Gasteiger partial charge in [-0.25, -0.2) is 0 Å². The second-order valence-electron chi connectivity index (χ2n) is 3.82. The van der Waals surface area contributed by atoms with Gasteiger partial charge in [0.25, 0.3) is 0 Å². The van der Waals surface area contributed by atoms with E-state index in [9.17, 15) is 0 Å². The molecule has 0 aliphatic carbocycles. The molecule has 1 unspecified atom stereocenters. The number of thiocarbonyl (C=S) groups is 2. The van der Waals surface area contributed by atoms with Crippen LogP contribution in [0.4, 0.5) is 0 Å². The zero-order valence-corrected chi connectivity index (χ0v) is 11.1. The van der Waals surface area contributed by atoms with Crippen LogP contribution < -0.4 is 11.5 Å². The maximum Gasteiger partial charge on any atom is 0.0958 e. The molecule has 1 rings (SSSR count).